The van der Waals surface area contributed by atoms with Gasteiger partial charge < -0.3 is 10.8 Å². The molecule has 0 aliphatic rings. The number of hydrogen-bond acceptors (Lipinski definition) is 5. The number of Topliss-reactive ketones (excluding diaryl/α,β-unsaturated/α-hetero) is 1. The topological polar surface area (TPSA) is 97.5 Å². The molecule has 0 radical (unpaired) electrons. The van der Waals surface area contributed by atoms with Crippen LogP contribution in [0.4, 0.5) is 0 Å². The highest BCUT2D eigenvalue weighted by Crippen LogP contribution is 2.19. The summed E-state index contributed by atoms with van der Waals surface area (Å²) in [5.74, 6) is -1.90. The van der Waals surface area contributed by atoms with E-state index >= 15 is 0 Å². The van der Waals surface area contributed by atoms with E-state index in [2.05, 4.69) is 0 Å². The Balaban J connectivity index is 2.02. The molecule has 2 aromatic rings. The van der Waals surface area contributed by atoms with E-state index in [0.717, 1.165) is 11.1 Å². The summed E-state index contributed by atoms with van der Waals surface area (Å²) in [6.45, 7) is -0.137. The van der Waals surface area contributed by atoms with Crippen LogP contribution in [0.2, 0.25) is 0 Å². The zero-order valence-electron chi connectivity index (χ0n) is 16.0. The maximum absolute atomic E-state index is 12.9. The lowest BCUT2D eigenvalue weighted by Crippen LogP contribution is -2.35. The van der Waals surface area contributed by atoms with Gasteiger partial charge in [0, 0.05) is 5.92 Å². The molecule has 0 amide bonds. The second-order valence-corrected chi connectivity index (χ2v) is 9.32. The zero-order valence-corrected chi connectivity index (χ0v) is 16.9. The van der Waals surface area contributed by atoms with Crippen molar-refractivity contribution >= 4 is 15.6 Å². The van der Waals surface area contributed by atoms with E-state index in [9.17, 15) is 18.3 Å². The minimum absolute atomic E-state index is 0.0406. The molecule has 0 aliphatic heterocycles. The first-order valence-corrected chi connectivity index (χ1v) is 11.4. The molecule has 0 saturated carbocycles. The monoisotopic (exact) mass is 403 g/mol. The van der Waals surface area contributed by atoms with Crippen LogP contribution in [0.1, 0.15) is 17.5 Å². The first-order valence-electron chi connectivity index (χ1n) is 9.58. The number of aryl methyl sites for hydroxylation is 1. The smallest absolute Gasteiger partial charge is 0.151 e. The van der Waals surface area contributed by atoms with Crippen LogP contribution in [-0.2, 0) is 27.5 Å². The molecular weight excluding hydrogens is 374 g/mol. The van der Waals surface area contributed by atoms with Crippen LogP contribution in [0.25, 0.3) is 0 Å². The van der Waals surface area contributed by atoms with E-state index in [-0.39, 0.29) is 17.3 Å². The fraction of sp³-hybridized carbons (Fsp3) is 0.409. The molecule has 5 nitrogen and oxygen atoms in total. The summed E-state index contributed by atoms with van der Waals surface area (Å²) < 4.78 is 25.1. The van der Waals surface area contributed by atoms with Crippen LogP contribution in [0.3, 0.4) is 0 Å². The number of benzene rings is 2. The molecule has 0 heterocycles. The number of aliphatic hydroxyl groups is 1. The SMILES string of the molecule is NCC[C@H](Cc1ccccc1)C(=O)[C@H](CO)CS(=O)(=O)CCc1ccccc1. The first-order chi connectivity index (χ1) is 13.4. The van der Waals surface area contributed by atoms with Crippen LogP contribution in [0, 0.1) is 11.8 Å². The number of aliphatic hydroxyl groups excluding tert-OH is 1. The Morgan fingerprint density at radius 3 is 2.04 bits per heavy atom. The number of hydrogen-bond donors (Lipinski definition) is 2. The van der Waals surface area contributed by atoms with Crippen LogP contribution in [0.15, 0.2) is 60.7 Å². The molecule has 0 aromatic heterocycles. The lowest BCUT2D eigenvalue weighted by molar-refractivity contribution is -0.127. The molecule has 2 aromatic carbocycles. The number of ketones is 1. The van der Waals surface area contributed by atoms with Crippen LogP contribution in [0.5, 0.6) is 0 Å². The van der Waals surface area contributed by atoms with Crippen molar-refractivity contribution in [2.24, 2.45) is 17.6 Å². The van der Waals surface area contributed by atoms with Crippen LogP contribution >= 0.6 is 0 Å². The van der Waals surface area contributed by atoms with Gasteiger partial charge in [0.1, 0.15) is 5.78 Å². The molecule has 0 aliphatic carbocycles. The molecule has 0 fully saturated rings. The Morgan fingerprint density at radius 2 is 1.50 bits per heavy atom. The fourth-order valence-electron chi connectivity index (χ4n) is 3.31. The second kappa shape index (κ2) is 11.1. The van der Waals surface area contributed by atoms with Gasteiger partial charge in [0.15, 0.2) is 9.84 Å². The fourth-order valence-corrected chi connectivity index (χ4v) is 4.91. The highest BCUT2D eigenvalue weighted by Gasteiger charge is 2.30. The maximum atomic E-state index is 12.9. The molecule has 28 heavy (non-hydrogen) atoms. The third-order valence-electron chi connectivity index (χ3n) is 4.86. The number of carbonyl (C=O) groups is 1. The molecule has 3 N–H and O–H groups in total. The van der Waals surface area contributed by atoms with Gasteiger partial charge in [-0.15, -0.1) is 0 Å². The summed E-state index contributed by atoms with van der Waals surface area (Å²) in [5.41, 5.74) is 7.60. The molecule has 2 atom stereocenters. The van der Waals surface area contributed by atoms with E-state index in [1.54, 1.807) is 0 Å². The van der Waals surface area contributed by atoms with E-state index in [4.69, 9.17) is 5.73 Å². The minimum atomic E-state index is -3.47. The molecule has 0 spiro atoms. The number of rotatable bonds is 12. The maximum Gasteiger partial charge on any atom is 0.151 e. The zero-order chi connectivity index (χ0) is 20.4. The van der Waals surface area contributed by atoms with Gasteiger partial charge in [0.25, 0.3) is 0 Å². The van der Waals surface area contributed by atoms with E-state index in [0.29, 0.717) is 25.8 Å². The van der Waals surface area contributed by atoms with Gasteiger partial charge in [0.05, 0.1) is 24.0 Å². The van der Waals surface area contributed by atoms with Gasteiger partial charge in [-0.05, 0) is 36.9 Å². The molecule has 2 rings (SSSR count). The van der Waals surface area contributed by atoms with E-state index in [1.165, 1.54) is 0 Å². The lowest BCUT2D eigenvalue weighted by atomic mass is 9.86. The molecule has 6 heteroatoms. The first kappa shape index (κ1) is 22.3. The third kappa shape index (κ3) is 7.19. The van der Waals surface area contributed by atoms with Crippen molar-refractivity contribution in [3.63, 3.8) is 0 Å². The normalized spacial score (nSPS) is 13.8. The Labute approximate surface area is 167 Å². The Bertz CT molecular complexity index is 822. The van der Waals surface area contributed by atoms with Crippen molar-refractivity contribution in [3.8, 4) is 0 Å². The second-order valence-electron chi connectivity index (χ2n) is 7.10. The summed E-state index contributed by atoms with van der Waals surface area (Å²) in [7, 11) is -3.47. The third-order valence-corrected chi connectivity index (χ3v) is 6.60. The molecule has 0 bridgehead atoms. The standard InChI is InChI=1S/C22H29NO4S/c23-13-11-20(15-19-9-5-2-6-10-19)22(25)21(16-24)17-28(26,27)14-12-18-7-3-1-4-8-18/h1-10,20-21,24H,11-17,23H2/t20-,21-/m1/s1. The van der Waals surface area contributed by atoms with Crippen molar-refractivity contribution in [1.29, 1.82) is 0 Å². The number of nitrogens with two attached hydrogens (primary N) is 1. The van der Waals surface area contributed by atoms with Crippen LogP contribution in [-0.4, -0.2) is 44.0 Å². The highest BCUT2D eigenvalue weighted by molar-refractivity contribution is 7.91. The molecule has 152 valence electrons. The summed E-state index contributed by atoms with van der Waals surface area (Å²) in [5, 5.41) is 9.71. The van der Waals surface area contributed by atoms with Gasteiger partial charge >= 0.3 is 0 Å². The van der Waals surface area contributed by atoms with Gasteiger partial charge in [-0.1, -0.05) is 60.7 Å². The number of carbonyl (C=O) groups excluding carboxylic acids is 1. The molecular formula is C22H29NO4S. The molecule has 0 saturated heterocycles. The van der Waals surface area contributed by atoms with Crippen molar-refractivity contribution in [2.75, 3.05) is 24.7 Å². The Kier molecular flexibility index (Phi) is 8.83. The quantitative estimate of drug-likeness (QED) is 0.565. The summed E-state index contributed by atoms with van der Waals surface area (Å²) in [6.07, 6.45) is 1.36. The van der Waals surface area contributed by atoms with E-state index < -0.39 is 28.3 Å². The predicted molar refractivity (Wildman–Crippen MR) is 112 cm³/mol. The van der Waals surface area contributed by atoms with Crippen molar-refractivity contribution in [1.82, 2.24) is 0 Å². The summed E-state index contributed by atoms with van der Waals surface area (Å²) in [4.78, 5) is 12.9. The Morgan fingerprint density at radius 1 is 0.929 bits per heavy atom. The van der Waals surface area contributed by atoms with Gasteiger partial charge in [-0.3, -0.25) is 4.79 Å². The average molecular weight is 404 g/mol. The average Bonchev–Trinajstić information content (AvgIpc) is 2.71. The van der Waals surface area contributed by atoms with Crippen molar-refractivity contribution in [2.45, 2.75) is 19.3 Å². The van der Waals surface area contributed by atoms with Crippen molar-refractivity contribution < 1.29 is 18.3 Å². The van der Waals surface area contributed by atoms with Gasteiger partial charge in [-0.25, -0.2) is 8.42 Å². The lowest BCUT2D eigenvalue weighted by Gasteiger charge is -2.21. The van der Waals surface area contributed by atoms with Crippen LogP contribution < -0.4 is 5.73 Å². The van der Waals surface area contributed by atoms with Gasteiger partial charge in [0.2, 0.25) is 0 Å². The predicted octanol–water partition coefficient (Wildman–Crippen LogP) is 2.03. The summed E-state index contributed by atoms with van der Waals surface area (Å²) >= 11 is 0. The Hall–Kier alpha value is -2.02. The summed E-state index contributed by atoms with van der Waals surface area (Å²) in [6, 6.07) is 18.9. The van der Waals surface area contributed by atoms with Crippen molar-refractivity contribution in [3.05, 3.63) is 71.8 Å². The van der Waals surface area contributed by atoms with Gasteiger partial charge in [-0.2, -0.15) is 0 Å². The molecule has 0 unspecified atom stereocenters. The van der Waals surface area contributed by atoms with E-state index in [1.807, 2.05) is 60.7 Å². The number of sulfone groups is 1. The largest absolute Gasteiger partial charge is 0.396 e. The highest BCUT2D eigenvalue weighted by atomic mass is 32.2. The minimum Gasteiger partial charge on any atom is -0.396 e.